The smallest absolute Gasteiger partial charge is 0.419 e. The molecule has 0 radical (unpaired) electrons. The predicted molar refractivity (Wildman–Crippen MR) is 108 cm³/mol. The number of carboxylic acids is 2. The van der Waals surface area contributed by atoms with Crippen molar-refractivity contribution in [1.29, 1.82) is 0 Å². The number of carbonyl (C=O) groups is 3. The van der Waals surface area contributed by atoms with Crippen LogP contribution in [-0.4, -0.2) is 44.1 Å². The maximum atomic E-state index is 13.0. The zero-order valence-corrected chi connectivity index (χ0v) is 15.9. The molecule has 5 N–H and O–H groups in total. The Morgan fingerprint density at radius 2 is 1.71 bits per heavy atom. The number of carbonyl (C=O) groups excluding carboxylic acids is 1. The molecule has 0 aliphatic heterocycles. The summed E-state index contributed by atoms with van der Waals surface area (Å²) in [7, 11) is 0. The molecule has 3 rings (SSSR count). The highest BCUT2D eigenvalue weighted by molar-refractivity contribution is 5.92. The lowest BCUT2D eigenvalue weighted by Crippen LogP contribution is -2.34. The van der Waals surface area contributed by atoms with E-state index in [1.165, 1.54) is 18.2 Å². The zero-order valence-electron chi connectivity index (χ0n) is 15.9. The van der Waals surface area contributed by atoms with Gasteiger partial charge in [-0.05, 0) is 18.2 Å². The average Bonchev–Trinajstić information content (AvgIpc) is 3.09. The zero-order chi connectivity index (χ0) is 22.7. The minimum Gasteiger partial charge on any atom is -0.733 e. The van der Waals surface area contributed by atoms with E-state index < -0.39 is 41.1 Å². The Morgan fingerprint density at radius 3 is 2.35 bits per heavy atom. The van der Waals surface area contributed by atoms with E-state index >= 15 is 0 Å². The molecule has 0 bridgehead atoms. The number of aliphatic carboxylic acids is 2. The number of aromatic nitrogens is 1. The lowest BCUT2D eigenvalue weighted by Gasteiger charge is -2.26. The van der Waals surface area contributed by atoms with Crippen LogP contribution in [0.25, 0.3) is 10.9 Å². The molecule has 11 nitrogen and oxygen atoms in total. The van der Waals surface area contributed by atoms with Crippen LogP contribution in [0.2, 0.25) is 0 Å². The SMILES string of the molecule is N[C@@H](Cc1cc2ccccc2n1C(=O)OC(C(=O)O)c1ccccc1N([O-])O)C(=O)O. The number of ether oxygens (including phenoxy) is 1. The molecule has 162 valence electrons. The van der Waals surface area contributed by atoms with Gasteiger partial charge in [0.1, 0.15) is 6.04 Å². The summed E-state index contributed by atoms with van der Waals surface area (Å²) in [6.07, 6.45) is -3.26. The van der Waals surface area contributed by atoms with Crippen LogP contribution in [-0.2, 0) is 20.7 Å². The van der Waals surface area contributed by atoms with E-state index in [2.05, 4.69) is 0 Å². The third-order valence-electron chi connectivity index (χ3n) is 4.58. The molecular weight excluding hydrogens is 410 g/mol. The first-order chi connectivity index (χ1) is 14.7. The molecule has 11 heteroatoms. The van der Waals surface area contributed by atoms with Crippen molar-refractivity contribution >= 4 is 34.6 Å². The molecule has 1 unspecified atom stereocenters. The van der Waals surface area contributed by atoms with E-state index in [-0.39, 0.29) is 17.7 Å². The maximum Gasteiger partial charge on any atom is 0.419 e. The molecular formula is C20H18N3O8-. The van der Waals surface area contributed by atoms with Gasteiger partial charge in [0.15, 0.2) is 0 Å². The number of carboxylic acid groups (broad SMARTS) is 2. The normalized spacial score (nSPS) is 12.9. The Bertz CT molecular complexity index is 1140. The molecule has 0 saturated carbocycles. The van der Waals surface area contributed by atoms with Gasteiger partial charge in [0.2, 0.25) is 6.10 Å². The first-order valence-electron chi connectivity index (χ1n) is 8.97. The fourth-order valence-corrected chi connectivity index (χ4v) is 3.17. The van der Waals surface area contributed by atoms with Crippen LogP contribution in [0.4, 0.5) is 10.5 Å². The molecule has 0 spiro atoms. The van der Waals surface area contributed by atoms with Gasteiger partial charge in [-0.3, -0.25) is 10.0 Å². The standard InChI is InChI=1S/C20H18N3O8/c21-14(18(24)25)10-12-9-11-5-1-3-7-15(11)22(12)20(28)31-17(19(26)27)13-6-2-4-8-16(13)23(29)30/h1-9,14,17,29H,10,21H2,(H,24,25)(H,26,27)/q-1/t14-,17?/m0/s1. The fraction of sp³-hybridized carbons (Fsp3) is 0.150. The van der Waals surface area contributed by atoms with Crippen LogP contribution in [0, 0.1) is 5.21 Å². The lowest BCUT2D eigenvalue weighted by molar-refractivity contribution is -0.147. The molecule has 0 aliphatic carbocycles. The van der Waals surface area contributed by atoms with Gasteiger partial charge in [-0.1, -0.05) is 36.4 Å². The van der Waals surface area contributed by atoms with Crippen LogP contribution < -0.4 is 11.0 Å². The van der Waals surface area contributed by atoms with Crippen molar-refractivity contribution in [1.82, 2.24) is 4.57 Å². The van der Waals surface area contributed by atoms with Gasteiger partial charge in [0.25, 0.3) is 0 Å². The number of benzene rings is 2. The summed E-state index contributed by atoms with van der Waals surface area (Å²) in [6.45, 7) is 0. The van der Waals surface area contributed by atoms with Gasteiger partial charge in [-0.15, -0.1) is 0 Å². The van der Waals surface area contributed by atoms with Crippen molar-refractivity contribution in [2.24, 2.45) is 5.73 Å². The molecule has 0 fully saturated rings. The van der Waals surface area contributed by atoms with Gasteiger partial charge in [0, 0.05) is 23.1 Å². The topological polar surface area (TPSA) is 178 Å². The summed E-state index contributed by atoms with van der Waals surface area (Å²) < 4.78 is 6.22. The third kappa shape index (κ3) is 4.48. The summed E-state index contributed by atoms with van der Waals surface area (Å²) in [5.41, 5.74) is 5.50. The minimum atomic E-state index is -1.92. The monoisotopic (exact) mass is 428 g/mol. The third-order valence-corrected chi connectivity index (χ3v) is 4.58. The second kappa shape index (κ2) is 8.83. The number of nitrogens with zero attached hydrogens (tertiary/aromatic N) is 2. The van der Waals surface area contributed by atoms with Crippen molar-refractivity contribution in [3.63, 3.8) is 0 Å². The molecule has 0 saturated heterocycles. The second-order valence-electron chi connectivity index (χ2n) is 6.61. The van der Waals surface area contributed by atoms with E-state index in [4.69, 9.17) is 15.6 Å². The summed E-state index contributed by atoms with van der Waals surface area (Å²) in [5, 5.41) is 39.4. The molecule has 2 atom stereocenters. The number of rotatable bonds is 7. The fourth-order valence-electron chi connectivity index (χ4n) is 3.17. The number of hydrogen-bond donors (Lipinski definition) is 4. The molecule has 1 heterocycles. The van der Waals surface area contributed by atoms with Gasteiger partial charge in [-0.2, -0.15) is 0 Å². The Balaban J connectivity index is 2.04. The molecule has 3 aromatic rings. The van der Waals surface area contributed by atoms with Crippen molar-refractivity contribution in [2.45, 2.75) is 18.6 Å². The van der Waals surface area contributed by atoms with Gasteiger partial charge in [-0.25, -0.2) is 14.2 Å². The van der Waals surface area contributed by atoms with Crippen molar-refractivity contribution in [2.75, 3.05) is 5.23 Å². The average molecular weight is 428 g/mol. The highest BCUT2D eigenvalue weighted by atomic mass is 16.8. The lowest BCUT2D eigenvalue weighted by atomic mass is 10.1. The Kier molecular flexibility index (Phi) is 6.20. The number of para-hydroxylation sites is 2. The number of nitrogens with two attached hydrogens (primary N) is 1. The number of anilines is 1. The van der Waals surface area contributed by atoms with Crippen LogP contribution in [0.1, 0.15) is 17.4 Å². The van der Waals surface area contributed by atoms with Gasteiger partial charge < -0.3 is 31.1 Å². The molecule has 0 aliphatic rings. The van der Waals surface area contributed by atoms with Crippen LogP contribution in [0.5, 0.6) is 0 Å². The maximum absolute atomic E-state index is 13.0. The van der Waals surface area contributed by atoms with E-state index in [9.17, 15) is 29.9 Å². The summed E-state index contributed by atoms with van der Waals surface area (Å²) in [6, 6.07) is 12.0. The van der Waals surface area contributed by atoms with Crippen LogP contribution >= 0.6 is 0 Å². The molecule has 1 aromatic heterocycles. The number of fused-ring (bicyclic) bond motifs is 1. The molecule has 0 amide bonds. The van der Waals surface area contributed by atoms with Crippen molar-refractivity contribution in [3.05, 3.63) is 71.1 Å². The first kappa shape index (κ1) is 21.8. The first-order valence-corrected chi connectivity index (χ1v) is 8.97. The Morgan fingerprint density at radius 1 is 1.06 bits per heavy atom. The van der Waals surface area contributed by atoms with Gasteiger partial charge >= 0.3 is 18.0 Å². The van der Waals surface area contributed by atoms with Crippen molar-refractivity contribution < 1.29 is 34.5 Å². The minimum absolute atomic E-state index is 0.200. The molecule has 31 heavy (non-hydrogen) atoms. The Hall–Kier alpha value is -3.93. The van der Waals surface area contributed by atoms with Gasteiger partial charge in [0.05, 0.1) is 11.2 Å². The summed E-state index contributed by atoms with van der Waals surface area (Å²) in [5.74, 6) is -2.86. The van der Waals surface area contributed by atoms with E-state index in [1.54, 1.807) is 30.3 Å². The van der Waals surface area contributed by atoms with E-state index in [0.29, 0.717) is 10.9 Å². The summed E-state index contributed by atoms with van der Waals surface area (Å²) >= 11 is 0. The predicted octanol–water partition coefficient (Wildman–Crippen LogP) is 2.10. The van der Waals surface area contributed by atoms with E-state index in [0.717, 1.165) is 10.6 Å². The highest BCUT2D eigenvalue weighted by Crippen LogP contribution is 2.30. The van der Waals surface area contributed by atoms with Crippen molar-refractivity contribution in [3.8, 4) is 0 Å². The van der Waals surface area contributed by atoms with Crippen LogP contribution in [0.3, 0.4) is 0 Å². The largest absolute Gasteiger partial charge is 0.733 e. The second-order valence-corrected chi connectivity index (χ2v) is 6.61. The quantitative estimate of drug-likeness (QED) is 0.407. The number of hydrogen-bond acceptors (Lipinski definition) is 8. The van der Waals surface area contributed by atoms with E-state index in [1.807, 2.05) is 0 Å². The summed E-state index contributed by atoms with van der Waals surface area (Å²) in [4.78, 5) is 36.0. The Labute approximate surface area is 175 Å². The van der Waals surface area contributed by atoms with Crippen LogP contribution in [0.15, 0.2) is 54.6 Å². The molecule has 2 aromatic carbocycles. The highest BCUT2D eigenvalue weighted by Gasteiger charge is 2.30.